The Labute approximate surface area is 112 Å². The van der Waals surface area contributed by atoms with Gasteiger partial charge in [0.05, 0.1) is 12.7 Å². The zero-order chi connectivity index (χ0) is 13.8. The van der Waals surface area contributed by atoms with E-state index >= 15 is 0 Å². The van der Waals surface area contributed by atoms with Crippen molar-refractivity contribution in [1.29, 1.82) is 0 Å². The van der Waals surface area contributed by atoms with Gasteiger partial charge in [-0.3, -0.25) is 0 Å². The van der Waals surface area contributed by atoms with Gasteiger partial charge >= 0.3 is 5.97 Å². The van der Waals surface area contributed by atoms with Gasteiger partial charge in [0, 0.05) is 7.05 Å². The molecule has 0 radical (unpaired) electrons. The quantitative estimate of drug-likeness (QED) is 0.619. The first-order valence-electron chi connectivity index (χ1n) is 6.00. The topological polar surface area (TPSA) is 47.4 Å². The van der Waals surface area contributed by atoms with E-state index in [2.05, 4.69) is 4.98 Å². The van der Waals surface area contributed by atoms with E-state index in [4.69, 9.17) is 4.74 Å². The number of imidazole rings is 1. The Balaban J connectivity index is 2.14. The average Bonchev–Trinajstić information content (AvgIpc) is 2.72. The molecule has 0 amide bonds. The molecule has 0 unspecified atom stereocenters. The molecule has 0 bridgehead atoms. The molecule has 0 spiro atoms. The first-order chi connectivity index (χ1) is 9.08. The summed E-state index contributed by atoms with van der Waals surface area (Å²) in [6, 6.07) is 9.01. The van der Waals surface area contributed by atoms with Crippen molar-refractivity contribution in [1.82, 2.24) is 14.5 Å². The molecule has 0 saturated carbocycles. The summed E-state index contributed by atoms with van der Waals surface area (Å²) in [7, 11) is 5.72. The highest BCUT2D eigenvalue weighted by Crippen LogP contribution is 2.12. The van der Waals surface area contributed by atoms with Gasteiger partial charge in [-0.1, -0.05) is 18.2 Å². The minimum absolute atomic E-state index is 0.397. The van der Waals surface area contributed by atoms with Crippen LogP contribution < -0.4 is 4.74 Å². The fourth-order valence-corrected chi connectivity index (χ4v) is 1.72. The second-order valence-electron chi connectivity index (χ2n) is 4.56. The summed E-state index contributed by atoms with van der Waals surface area (Å²) < 4.78 is 7.04. The Kier molecular flexibility index (Phi) is 3.97. The second-order valence-corrected chi connectivity index (χ2v) is 4.56. The minimum Gasteiger partial charge on any atom is -0.422 e. The molecule has 0 aliphatic rings. The molecule has 100 valence electrons. The highest BCUT2D eigenvalue weighted by molar-refractivity contribution is 5.89. The number of esters is 1. The Bertz CT molecular complexity index is 561. The lowest BCUT2D eigenvalue weighted by molar-refractivity contribution is 0.0724. The summed E-state index contributed by atoms with van der Waals surface area (Å²) in [5, 5.41) is 0. The summed E-state index contributed by atoms with van der Waals surface area (Å²) in [6.45, 7) is 0.676. The monoisotopic (exact) mass is 259 g/mol. The van der Waals surface area contributed by atoms with Crippen LogP contribution in [0.3, 0.4) is 0 Å². The number of hydrogen-bond acceptors (Lipinski definition) is 4. The lowest BCUT2D eigenvalue weighted by Crippen LogP contribution is -2.17. The van der Waals surface area contributed by atoms with Crippen molar-refractivity contribution in [2.24, 2.45) is 7.05 Å². The summed E-state index contributed by atoms with van der Waals surface area (Å²) >= 11 is 0. The fourth-order valence-electron chi connectivity index (χ4n) is 1.72. The molecule has 1 aromatic heterocycles. The number of benzene rings is 1. The van der Waals surface area contributed by atoms with Gasteiger partial charge in [0.25, 0.3) is 0 Å². The van der Waals surface area contributed by atoms with Crippen molar-refractivity contribution in [3.05, 3.63) is 48.0 Å². The number of ether oxygens (including phenoxy) is 1. The van der Waals surface area contributed by atoms with Gasteiger partial charge in [0.2, 0.25) is 0 Å². The molecule has 2 rings (SSSR count). The van der Waals surface area contributed by atoms with Gasteiger partial charge in [0.15, 0.2) is 0 Å². The van der Waals surface area contributed by atoms with E-state index in [1.54, 1.807) is 22.9 Å². The lowest BCUT2D eigenvalue weighted by atomic mass is 10.3. The first kappa shape index (κ1) is 13.3. The molecular formula is C14H17N3O2. The number of nitrogens with zero attached hydrogens (tertiary/aromatic N) is 3. The van der Waals surface area contributed by atoms with Crippen molar-refractivity contribution in [3.63, 3.8) is 0 Å². The SMILES string of the molecule is CN(C)Cc1ncc(C(=O)Oc2ccccc2)n1C. The number of hydrogen-bond donors (Lipinski definition) is 0. The molecule has 0 fully saturated rings. The predicted molar refractivity (Wildman–Crippen MR) is 72.0 cm³/mol. The predicted octanol–water partition coefficient (Wildman–Crippen LogP) is 1.70. The third kappa shape index (κ3) is 3.20. The van der Waals surface area contributed by atoms with E-state index in [-0.39, 0.29) is 0 Å². The smallest absolute Gasteiger partial charge is 0.362 e. The van der Waals surface area contributed by atoms with E-state index < -0.39 is 5.97 Å². The van der Waals surface area contributed by atoms with Crippen molar-refractivity contribution in [2.75, 3.05) is 14.1 Å². The average molecular weight is 259 g/mol. The normalized spacial score (nSPS) is 10.7. The maximum absolute atomic E-state index is 12.0. The van der Waals surface area contributed by atoms with E-state index in [1.807, 2.05) is 44.2 Å². The van der Waals surface area contributed by atoms with Crippen molar-refractivity contribution in [3.8, 4) is 5.75 Å². The van der Waals surface area contributed by atoms with Crippen LogP contribution in [0.2, 0.25) is 0 Å². The maximum Gasteiger partial charge on any atom is 0.362 e. The number of carbonyl (C=O) groups excluding carboxylic acids is 1. The molecule has 0 N–H and O–H groups in total. The minimum atomic E-state index is -0.397. The molecular weight excluding hydrogens is 242 g/mol. The molecule has 0 aliphatic carbocycles. The van der Waals surface area contributed by atoms with Gasteiger partial charge in [-0.2, -0.15) is 0 Å². The Hall–Kier alpha value is -2.14. The Morgan fingerprint density at radius 1 is 1.32 bits per heavy atom. The maximum atomic E-state index is 12.0. The largest absolute Gasteiger partial charge is 0.422 e. The fraction of sp³-hybridized carbons (Fsp3) is 0.286. The molecule has 0 aliphatic heterocycles. The van der Waals surface area contributed by atoms with Crippen LogP contribution in [0.15, 0.2) is 36.5 Å². The van der Waals surface area contributed by atoms with Crippen molar-refractivity contribution >= 4 is 5.97 Å². The molecule has 1 heterocycles. The molecule has 1 aromatic carbocycles. The number of para-hydroxylation sites is 1. The number of rotatable bonds is 4. The third-order valence-electron chi connectivity index (χ3n) is 2.70. The van der Waals surface area contributed by atoms with Gasteiger partial charge < -0.3 is 14.2 Å². The van der Waals surface area contributed by atoms with E-state index in [0.29, 0.717) is 18.0 Å². The summed E-state index contributed by atoms with van der Waals surface area (Å²) in [4.78, 5) is 18.3. The zero-order valence-corrected chi connectivity index (χ0v) is 11.3. The summed E-state index contributed by atoms with van der Waals surface area (Å²) in [6.07, 6.45) is 1.55. The zero-order valence-electron chi connectivity index (χ0n) is 11.3. The van der Waals surface area contributed by atoms with Crippen LogP contribution in [0.4, 0.5) is 0 Å². The van der Waals surface area contributed by atoms with Crippen molar-refractivity contribution < 1.29 is 9.53 Å². The Morgan fingerprint density at radius 3 is 2.63 bits per heavy atom. The van der Waals surface area contributed by atoms with Gasteiger partial charge in [0.1, 0.15) is 17.3 Å². The molecule has 5 nitrogen and oxygen atoms in total. The summed E-state index contributed by atoms with van der Waals surface area (Å²) in [5.74, 6) is 0.957. The number of aromatic nitrogens is 2. The molecule has 2 aromatic rings. The summed E-state index contributed by atoms with van der Waals surface area (Å²) in [5.41, 5.74) is 0.445. The second kappa shape index (κ2) is 5.67. The molecule has 0 saturated heterocycles. The Morgan fingerprint density at radius 2 is 2.00 bits per heavy atom. The van der Waals surface area contributed by atoms with E-state index in [9.17, 15) is 4.79 Å². The van der Waals surface area contributed by atoms with E-state index in [1.165, 1.54) is 0 Å². The van der Waals surface area contributed by atoms with Gasteiger partial charge in [-0.05, 0) is 26.2 Å². The van der Waals surface area contributed by atoms with Crippen LogP contribution in [-0.2, 0) is 13.6 Å². The molecule has 19 heavy (non-hydrogen) atoms. The van der Waals surface area contributed by atoms with Gasteiger partial charge in [-0.25, -0.2) is 9.78 Å². The molecule has 0 atom stereocenters. The standard InChI is InChI=1S/C14H17N3O2/c1-16(2)10-13-15-9-12(17(13)3)14(18)19-11-7-5-4-6-8-11/h4-9H,10H2,1-3H3. The van der Waals surface area contributed by atoms with Crippen LogP contribution >= 0.6 is 0 Å². The van der Waals surface area contributed by atoms with Crippen molar-refractivity contribution in [2.45, 2.75) is 6.54 Å². The molecule has 5 heteroatoms. The van der Waals surface area contributed by atoms with E-state index in [0.717, 1.165) is 5.82 Å². The highest BCUT2D eigenvalue weighted by Gasteiger charge is 2.16. The van der Waals surface area contributed by atoms with Crippen LogP contribution in [0.25, 0.3) is 0 Å². The lowest BCUT2D eigenvalue weighted by Gasteiger charge is -2.10. The van der Waals surface area contributed by atoms with Crippen LogP contribution in [0.5, 0.6) is 5.75 Å². The first-order valence-corrected chi connectivity index (χ1v) is 6.00. The van der Waals surface area contributed by atoms with Gasteiger partial charge in [-0.15, -0.1) is 0 Å². The highest BCUT2D eigenvalue weighted by atomic mass is 16.5. The third-order valence-corrected chi connectivity index (χ3v) is 2.70. The number of carbonyl (C=O) groups is 1. The van der Waals surface area contributed by atoms with Crippen LogP contribution in [0.1, 0.15) is 16.3 Å². The van der Waals surface area contributed by atoms with Crippen LogP contribution in [-0.4, -0.2) is 34.5 Å². The van der Waals surface area contributed by atoms with Crippen LogP contribution in [0, 0.1) is 0 Å².